The van der Waals surface area contributed by atoms with Crippen LogP contribution in [0.1, 0.15) is 16.8 Å². The van der Waals surface area contributed by atoms with Crippen LogP contribution >= 0.6 is 15.9 Å². The molecule has 0 aliphatic carbocycles. The van der Waals surface area contributed by atoms with E-state index in [0.717, 1.165) is 0 Å². The number of carbonyl (C=O) groups is 3. The molecule has 7 nitrogen and oxygen atoms in total. The molecule has 1 fully saturated rings. The van der Waals surface area contributed by atoms with Crippen LogP contribution in [0.5, 0.6) is 0 Å². The van der Waals surface area contributed by atoms with E-state index in [0.29, 0.717) is 16.7 Å². The topological polar surface area (TPSA) is 108 Å². The van der Waals surface area contributed by atoms with E-state index in [1.54, 1.807) is 6.07 Å². The summed E-state index contributed by atoms with van der Waals surface area (Å²) in [6.07, 6.45) is 0.242. The van der Waals surface area contributed by atoms with Gasteiger partial charge in [-0.05, 0) is 18.2 Å². The second kappa shape index (κ2) is 5.91. The first-order valence-electron chi connectivity index (χ1n) is 5.82. The summed E-state index contributed by atoms with van der Waals surface area (Å²) in [6, 6.07) is 3.63. The van der Waals surface area contributed by atoms with Gasteiger partial charge in [0, 0.05) is 23.1 Å². The van der Waals surface area contributed by atoms with Gasteiger partial charge in [-0.2, -0.15) is 0 Å². The molecule has 1 saturated heterocycles. The van der Waals surface area contributed by atoms with Gasteiger partial charge in [0.1, 0.15) is 0 Å². The standard InChI is InChI=1S/C12H12BrN3O4/c13-7-1-6(11(18)19)2-8(3-7)15-12(20)16-9-4-10(17)14-5-9/h1-3,9H,4-5H2,(H,14,17)(H,18,19)(H2,15,16,20). The smallest absolute Gasteiger partial charge is 0.335 e. The number of nitrogens with one attached hydrogen (secondary N) is 3. The van der Waals surface area contributed by atoms with Crippen molar-refractivity contribution in [2.45, 2.75) is 12.5 Å². The lowest BCUT2D eigenvalue weighted by atomic mass is 10.2. The summed E-state index contributed by atoms with van der Waals surface area (Å²) < 4.78 is 0.547. The number of amides is 3. The molecule has 1 aromatic carbocycles. The van der Waals surface area contributed by atoms with Crippen molar-refractivity contribution in [3.8, 4) is 0 Å². The largest absolute Gasteiger partial charge is 0.478 e. The highest BCUT2D eigenvalue weighted by molar-refractivity contribution is 9.10. The van der Waals surface area contributed by atoms with E-state index in [2.05, 4.69) is 31.9 Å². The lowest BCUT2D eigenvalue weighted by Gasteiger charge is -2.12. The quantitative estimate of drug-likeness (QED) is 0.661. The SMILES string of the molecule is O=C1CC(NC(=O)Nc2cc(Br)cc(C(=O)O)c2)CN1. The zero-order valence-electron chi connectivity index (χ0n) is 10.3. The second-order valence-electron chi connectivity index (χ2n) is 4.34. The van der Waals surface area contributed by atoms with E-state index in [9.17, 15) is 14.4 Å². The molecule has 0 radical (unpaired) electrons. The fourth-order valence-electron chi connectivity index (χ4n) is 1.85. The molecule has 1 unspecified atom stereocenters. The van der Waals surface area contributed by atoms with E-state index in [4.69, 9.17) is 5.11 Å². The molecule has 106 valence electrons. The molecule has 0 saturated carbocycles. The van der Waals surface area contributed by atoms with Gasteiger partial charge in [-0.3, -0.25) is 4.79 Å². The third-order valence-electron chi connectivity index (χ3n) is 2.72. The number of hydrogen-bond donors (Lipinski definition) is 4. The number of carboxylic acids is 1. The van der Waals surface area contributed by atoms with Gasteiger partial charge < -0.3 is 21.1 Å². The maximum absolute atomic E-state index is 11.7. The number of carbonyl (C=O) groups excluding carboxylic acids is 2. The maximum atomic E-state index is 11.7. The first-order valence-corrected chi connectivity index (χ1v) is 6.61. The highest BCUT2D eigenvalue weighted by atomic mass is 79.9. The first-order chi connectivity index (χ1) is 9.44. The third kappa shape index (κ3) is 3.70. The summed E-state index contributed by atoms with van der Waals surface area (Å²) in [6.45, 7) is 0.394. The Hall–Kier alpha value is -2.09. The Bertz CT molecular complexity index is 576. The summed E-state index contributed by atoms with van der Waals surface area (Å²) in [5.41, 5.74) is 0.416. The van der Waals surface area contributed by atoms with Crippen molar-refractivity contribution in [2.75, 3.05) is 11.9 Å². The van der Waals surface area contributed by atoms with Gasteiger partial charge in [0.05, 0.1) is 11.6 Å². The van der Waals surface area contributed by atoms with Gasteiger partial charge in [0.15, 0.2) is 0 Å². The number of benzene rings is 1. The van der Waals surface area contributed by atoms with Crippen LogP contribution < -0.4 is 16.0 Å². The molecule has 1 aliphatic heterocycles. The fraction of sp³-hybridized carbons (Fsp3) is 0.250. The van der Waals surface area contributed by atoms with E-state index in [1.165, 1.54) is 12.1 Å². The minimum absolute atomic E-state index is 0.0624. The minimum Gasteiger partial charge on any atom is -0.478 e. The number of urea groups is 1. The molecule has 20 heavy (non-hydrogen) atoms. The first kappa shape index (κ1) is 14.3. The molecule has 1 heterocycles. The molecular weight excluding hydrogens is 330 g/mol. The number of aromatic carboxylic acids is 1. The molecule has 1 aromatic rings. The molecule has 8 heteroatoms. The average molecular weight is 342 g/mol. The summed E-state index contributed by atoms with van der Waals surface area (Å²) in [7, 11) is 0. The molecule has 0 aromatic heterocycles. The maximum Gasteiger partial charge on any atom is 0.335 e. The zero-order chi connectivity index (χ0) is 14.7. The van der Waals surface area contributed by atoms with E-state index in [1.807, 2.05) is 0 Å². The Morgan fingerprint density at radius 2 is 2.10 bits per heavy atom. The van der Waals surface area contributed by atoms with E-state index in [-0.39, 0.29) is 23.9 Å². The van der Waals surface area contributed by atoms with Crippen LogP contribution in [0, 0.1) is 0 Å². The summed E-state index contributed by atoms with van der Waals surface area (Å²) in [5.74, 6) is -1.19. The van der Waals surface area contributed by atoms with Gasteiger partial charge in [0.25, 0.3) is 0 Å². The van der Waals surface area contributed by atoms with Crippen LogP contribution in [0.4, 0.5) is 10.5 Å². The number of carboxylic acid groups (broad SMARTS) is 1. The highest BCUT2D eigenvalue weighted by Gasteiger charge is 2.22. The van der Waals surface area contributed by atoms with Crippen LogP contribution in [-0.4, -0.2) is 35.6 Å². The number of rotatable bonds is 3. The Morgan fingerprint density at radius 1 is 1.35 bits per heavy atom. The van der Waals surface area contributed by atoms with Crippen molar-refractivity contribution in [1.82, 2.24) is 10.6 Å². The highest BCUT2D eigenvalue weighted by Crippen LogP contribution is 2.19. The predicted molar refractivity (Wildman–Crippen MR) is 74.7 cm³/mol. The fourth-order valence-corrected chi connectivity index (χ4v) is 2.34. The van der Waals surface area contributed by atoms with Crippen molar-refractivity contribution < 1.29 is 19.5 Å². The molecule has 1 atom stereocenters. The van der Waals surface area contributed by atoms with Gasteiger partial charge >= 0.3 is 12.0 Å². The third-order valence-corrected chi connectivity index (χ3v) is 3.17. The normalized spacial score (nSPS) is 17.4. The second-order valence-corrected chi connectivity index (χ2v) is 5.25. The summed E-state index contributed by atoms with van der Waals surface area (Å²) in [4.78, 5) is 33.7. The van der Waals surface area contributed by atoms with Crippen molar-refractivity contribution in [3.05, 3.63) is 28.2 Å². The van der Waals surface area contributed by atoms with Crippen molar-refractivity contribution in [3.63, 3.8) is 0 Å². The van der Waals surface area contributed by atoms with Gasteiger partial charge in [0.2, 0.25) is 5.91 Å². The lowest BCUT2D eigenvalue weighted by Crippen LogP contribution is -2.39. The zero-order valence-corrected chi connectivity index (χ0v) is 11.9. The Labute approximate surface area is 122 Å². The van der Waals surface area contributed by atoms with Crippen LogP contribution in [0.25, 0.3) is 0 Å². The molecule has 4 N–H and O–H groups in total. The average Bonchev–Trinajstić information content (AvgIpc) is 2.73. The Balaban J connectivity index is 2.00. The number of halogens is 1. The summed E-state index contributed by atoms with van der Waals surface area (Å²) in [5, 5.41) is 16.7. The predicted octanol–water partition coefficient (Wildman–Crippen LogP) is 1.16. The summed E-state index contributed by atoms with van der Waals surface area (Å²) >= 11 is 3.18. The van der Waals surface area contributed by atoms with E-state index >= 15 is 0 Å². The van der Waals surface area contributed by atoms with Gasteiger partial charge in [-0.1, -0.05) is 15.9 Å². The molecule has 0 bridgehead atoms. The van der Waals surface area contributed by atoms with E-state index < -0.39 is 12.0 Å². The molecule has 1 aliphatic rings. The van der Waals surface area contributed by atoms with Crippen LogP contribution in [0.3, 0.4) is 0 Å². The van der Waals surface area contributed by atoms with Crippen molar-refractivity contribution >= 4 is 39.5 Å². The monoisotopic (exact) mass is 341 g/mol. The molecular formula is C12H12BrN3O4. The van der Waals surface area contributed by atoms with Gasteiger partial charge in [-0.15, -0.1) is 0 Å². The van der Waals surface area contributed by atoms with Gasteiger partial charge in [-0.25, -0.2) is 9.59 Å². The van der Waals surface area contributed by atoms with Crippen LogP contribution in [0.2, 0.25) is 0 Å². The molecule has 2 rings (SSSR count). The number of hydrogen-bond acceptors (Lipinski definition) is 3. The van der Waals surface area contributed by atoms with Crippen LogP contribution in [0.15, 0.2) is 22.7 Å². The molecule has 0 spiro atoms. The number of anilines is 1. The van der Waals surface area contributed by atoms with Crippen LogP contribution in [-0.2, 0) is 4.79 Å². The molecule has 3 amide bonds. The van der Waals surface area contributed by atoms with Crippen molar-refractivity contribution in [1.29, 1.82) is 0 Å². The van der Waals surface area contributed by atoms with Crippen molar-refractivity contribution in [2.24, 2.45) is 0 Å². The minimum atomic E-state index is -1.08. The Morgan fingerprint density at radius 3 is 2.70 bits per heavy atom. The lowest BCUT2D eigenvalue weighted by molar-refractivity contribution is -0.119. The Kier molecular flexibility index (Phi) is 4.23.